The summed E-state index contributed by atoms with van der Waals surface area (Å²) in [5.74, 6) is 0.159. The molecule has 0 saturated carbocycles. The Morgan fingerprint density at radius 3 is 2.07 bits per heavy atom. The van der Waals surface area contributed by atoms with Crippen molar-refractivity contribution >= 4 is 11.7 Å². The largest absolute Gasteiger partial charge is 0.573 e. The molecule has 0 aromatic heterocycles. The second-order valence-corrected chi connectivity index (χ2v) is 5.68. The van der Waals surface area contributed by atoms with Crippen LogP contribution in [0, 0.1) is 0 Å². The molecular weight excluding hydrogens is 377 g/mol. The van der Waals surface area contributed by atoms with Crippen LogP contribution in [0.25, 0.3) is 0 Å². The molecule has 10 heteroatoms. The van der Waals surface area contributed by atoms with E-state index in [2.05, 4.69) is 15.0 Å². The predicted octanol–water partition coefficient (Wildman–Crippen LogP) is 2.38. The number of rotatable bonds is 5. The fraction of sp³-hybridized carbons (Fsp3) is 0.111. The zero-order valence-corrected chi connectivity index (χ0v) is 14.2. The van der Waals surface area contributed by atoms with Crippen LogP contribution in [0.2, 0.25) is 0 Å². The van der Waals surface area contributed by atoms with Crippen molar-refractivity contribution in [3.8, 4) is 17.2 Å². The third kappa shape index (κ3) is 5.01. The summed E-state index contributed by atoms with van der Waals surface area (Å²) in [6.07, 6.45) is -4.04. The van der Waals surface area contributed by atoms with Crippen LogP contribution in [-0.4, -0.2) is 24.3 Å². The Morgan fingerprint density at radius 2 is 1.54 bits per heavy atom. The van der Waals surface area contributed by atoms with Crippen molar-refractivity contribution in [3.05, 3.63) is 65.9 Å². The second kappa shape index (κ2) is 7.61. The molecule has 1 aliphatic rings. The van der Waals surface area contributed by atoms with Gasteiger partial charge >= 0.3 is 6.36 Å². The van der Waals surface area contributed by atoms with Crippen LogP contribution in [0.4, 0.5) is 13.2 Å². The minimum Gasteiger partial charge on any atom is -0.457 e. The van der Waals surface area contributed by atoms with Gasteiger partial charge in [0.15, 0.2) is 0 Å². The molecule has 0 aliphatic carbocycles. The van der Waals surface area contributed by atoms with Gasteiger partial charge in [0.25, 0.3) is 5.91 Å². The van der Waals surface area contributed by atoms with Crippen LogP contribution in [-0.2, 0) is 4.79 Å². The number of primary amides is 1. The molecule has 1 atom stereocenters. The van der Waals surface area contributed by atoms with E-state index in [9.17, 15) is 18.0 Å². The lowest BCUT2D eigenvalue weighted by atomic mass is 10.1. The molecule has 7 nitrogen and oxygen atoms in total. The van der Waals surface area contributed by atoms with Crippen molar-refractivity contribution < 1.29 is 27.4 Å². The van der Waals surface area contributed by atoms with Gasteiger partial charge in [0, 0.05) is 5.56 Å². The Bertz CT molecular complexity index is 923. The molecule has 28 heavy (non-hydrogen) atoms. The molecule has 1 aliphatic heterocycles. The first-order chi connectivity index (χ1) is 13.2. The number of hydrogen-bond donors (Lipinski definition) is 3. The Hall–Kier alpha value is -3.53. The van der Waals surface area contributed by atoms with Crippen LogP contribution < -0.4 is 26.3 Å². The number of nitrogens with two attached hydrogens (primary N) is 2. The van der Waals surface area contributed by atoms with Gasteiger partial charge in [-0.25, -0.2) is 4.99 Å². The molecule has 0 bridgehead atoms. The molecule has 1 amide bonds. The maximum atomic E-state index is 12.2. The number of carbonyl (C=O) groups is 1. The van der Waals surface area contributed by atoms with Crippen LogP contribution in [0.1, 0.15) is 5.56 Å². The van der Waals surface area contributed by atoms with Crippen LogP contribution >= 0.6 is 0 Å². The summed E-state index contributed by atoms with van der Waals surface area (Å²) in [6, 6.07) is 11.6. The maximum Gasteiger partial charge on any atom is 0.573 e. The summed E-state index contributed by atoms with van der Waals surface area (Å²) >= 11 is 0. The van der Waals surface area contributed by atoms with Gasteiger partial charge in [-0.05, 0) is 54.6 Å². The Morgan fingerprint density at radius 1 is 1.00 bits per heavy atom. The van der Waals surface area contributed by atoms with Crippen molar-refractivity contribution in [2.24, 2.45) is 16.5 Å². The number of aliphatic imine (C=N–C) groups is 1. The average Bonchev–Trinajstić information content (AvgIpc) is 2.62. The van der Waals surface area contributed by atoms with Crippen molar-refractivity contribution in [2.75, 3.05) is 0 Å². The number of benzene rings is 2. The minimum absolute atomic E-state index is 0.152. The topological polar surface area (TPSA) is 112 Å². The van der Waals surface area contributed by atoms with E-state index < -0.39 is 18.4 Å². The van der Waals surface area contributed by atoms with E-state index in [1.54, 1.807) is 24.3 Å². The van der Waals surface area contributed by atoms with Gasteiger partial charge in [0.1, 0.15) is 34.9 Å². The van der Waals surface area contributed by atoms with E-state index in [0.717, 1.165) is 12.1 Å². The van der Waals surface area contributed by atoms with Crippen molar-refractivity contribution in [1.29, 1.82) is 0 Å². The molecular formula is C18H15F3N4O3. The lowest BCUT2D eigenvalue weighted by Crippen LogP contribution is -2.38. The van der Waals surface area contributed by atoms with E-state index in [0.29, 0.717) is 22.9 Å². The zero-order valence-electron chi connectivity index (χ0n) is 14.2. The summed E-state index contributed by atoms with van der Waals surface area (Å²) in [5, 5.41) is 2.80. The third-order valence-corrected chi connectivity index (χ3v) is 3.55. The first-order valence-corrected chi connectivity index (χ1v) is 7.96. The fourth-order valence-corrected chi connectivity index (χ4v) is 2.38. The molecule has 3 rings (SSSR count). The number of carbonyl (C=O) groups excluding carboxylic acids is 1. The molecule has 0 saturated heterocycles. The van der Waals surface area contributed by atoms with Gasteiger partial charge in [-0.15, -0.1) is 13.2 Å². The highest BCUT2D eigenvalue weighted by molar-refractivity contribution is 6.06. The standard InChI is InChI=1S/C18H15F3N4O3/c19-18(20,21)28-13-7-5-12(6-8-13)27-11-3-1-10(2-4-11)17-24-14(16(23)26)9-15(22)25-17/h1-9,15H,22H2,(H2,23,26)(H,24,25). The first-order valence-electron chi connectivity index (χ1n) is 7.96. The van der Waals surface area contributed by atoms with Crippen LogP contribution in [0.15, 0.2) is 65.3 Å². The Labute approximate surface area is 157 Å². The van der Waals surface area contributed by atoms with Gasteiger partial charge in [0.2, 0.25) is 0 Å². The molecule has 5 N–H and O–H groups in total. The normalized spacial score (nSPS) is 16.5. The first kappa shape index (κ1) is 19.2. The number of halogens is 3. The van der Waals surface area contributed by atoms with Crippen molar-refractivity contribution in [1.82, 2.24) is 5.32 Å². The van der Waals surface area contributed by atoms with E-state index >= 15 is 0 Å². The zero-order chi connectivity index (χ0) is 20.3. The molecule has 2 aromatic rings. The van der Waals surface area contributed by atoms with E-state index in [1.165, 1.54) is 18.2 Å². The number of ether oxygens (including phenoxy) is 2. The van der Waals surface area contributed by atoms with Gasteiger partial charge in [0.05, 0.1) is 0 Å². The lowest BCUT2D eigenvalue weighted by Gasteiger charge is -2.18. The van der Waals surface area contributed by atoms with Gasteiger partial charge in [-0.3, -0.25) is 4.79 Å². The number of hydrogen-bond acceptors (Lipinski definition) is 6. The number of amidine groups is 1. The van der Waals surface area contributed by atoms with Gasteiger partial charge in [-0.1, -0.05) is 0 Å². The predicted molar refractivity (Wildman–Crippen MR) is 94.6 cm³/mol. The summed E-state index contributed by atoms with van der Waals surface area (Å²) in [4.78, 5) is 15.5. The number of nitrogens with one attached hydrogen (secondary N) is 1. The van der Waals surface area contributed by atoms with Gasteiger partial charge in [-0.2, -0.15) is 0 Å². The molecule has 2 aromatic carbocycles. The monoisotopic (exact) mass is 392 g/mol. The van der Waals surface area contributed by atoms with E-state index in [1.807, 2.05) is 0 Å². The van der Waals surface area contributed by atoms with Gasteiger partial charge < -0.3 is 26.3 Å². The third-order valence-electron chi connectivity index (χ3n) is 3.55. The summed E-state index contributed by atoms with van der Waals surface area (Å²) in [7, 11) is 0. The van der Waals surface area contributed by atoms with Crippen molar-refractivity contribution in [2.45, 2.75) is 12.5 Å². The van der Waals surface area contributed by atoms with E-state index in [-0.39, 0.29) is 11.4 Å². The molecule has 0 spiro atoms. The number of amides is 1. The lowest BCUT2D eigenvalue weighted by molar-refractivity contribution is -0.274. The molecule has 0 radical (unpaired) electrons. The van der Waals surface area contributed by atoms with Crippen LogP contribution in [0.3, 0.4) is 0 Å². The second-order valence-electron chi connectivity index (χ2n) is 5.68. The molecule has 1 heterocycles. The highest BCUT2D eigenvalue weighted by Crippen LogP contribution is 2.27. The number of nitrogens with zero attached hydrogens (tertiary/aromatic N) is 1. The smallest absolute Gasteiger partial charge is 0.457 e. The summed E-state index contributed by atoms with van der Waals surface area (Å²) in [6.45, 7) is 0. The average molecular weight is 392 g/mol. The van der Waals surface area contributed by atoms with E-state index in [4.69, 9.17) is 16.2 Å². The minimum atomic E-state index is -4.75. The molecule has 0 fully saturated rings. The maximum absolute atomic E-state index is 12.2. The Balaban J connectivity index is 1.67. The highest BCUT2D eigenvalue weighted by atomic mass is 19.4. The summed E-state index contributed by atoms with van der Waals surface area (Å²) < 4.78 is 45.9. The molecule has 146 valence electrons. The van der Waals surface area contributed by atoms with Crippen molar-refractivity contribution in [3.63, 3.8) is 0 Å². The number of alkyl halides is 3. The van der Waals surface area contributed by atoms with Crippen LogP contribution in [0.5, 0.6) is 17.2 Å². The molecule has 1 unspecified atom stereocenters. The highest BCUT2D eigenvalue weighted by Gasteiger charge is 2.31. The quantitative estimate of drug-likeness (QED) is 0.723. The fourth-order valence-electron chi connectivity index (χ4n) is 2.38. The Kier molecular flexibility index (Phi) is 5.23. The summed E-state index contributed by atoms with van der Waals surface area (Å²) in [5.41, 5.74) is 11.8. The SMILES string of the molecule is NC(=O)C1=CC(N)N=C(c2ccc(Oc3ccc(OC(F)(F)F)cc3)cc2)N1.